The van der Waals surface area contributed by atoms with Gasteiger partial charge in [-0.2, -0.15) is 13.2 Å². The van der Waals surface area contributed by atoms with E-state index in [0.29, 0.717) is 12.1 Å². The topological polar surface area (TPSA) is 12.9 Å². The van der Waals surface area contributed by atoms with Crippen molar-refractivity contribution in [1.82, 2.24) is 4.98 Å². The van der Waals surface area contributed by atoms with E-state index in [0.717, 1.165) is 6.07 Å². The van der Waals surface area contributed by atoms with Crippen molar-refractivity contribution in [3.63, 3.8) is 0 Å². The number of alkyl halides is 3. The van der Waals surface area contributed by atoms with Crippen molar-refractivity contribution in [1.29, 1.82) is 0 Å². The van der Waals surface area contributed by atoms with E-state index in [2.05, 4.69) is 4.98 Å². The van der Waals surface area contributed by atoms with Gasteiger partial charge >= 0.3 is 6.18 Å². The van der Waals surface area contributed by atoms with E-state index >= 15 is 0 Å². The summed E-state index contributed by atoms with van der Waals surface area (Å²) in [5.74, 6) is 0. The van der Waals surface area contributed by atoms with Crippen molar-refractivity contribution in [2.45, 2.75) is 26.4 Å². The van der Waals surface area contributed by atoms with E-state index in [1.165, 1.54) is 13.0 Å². The summed E-state index contributed by atoms with van der Waals surface area (Å²) in [7, 11) is 0. The molecule has 0 radical (unpaired) electrons. The first-order chi connectivity index (χ1) is 5.95. The van der Waals surface area contributed by atoms with Crippen LogP contribution in [0.1, 0.15) is 23.9 Å². The average Bonchev–Trinajstić information content (AvgIpc) is 2.01. The minimum absolute atomic E-state index is 0.0480. The third-order valence-corrected chi connectivity index (χ3v) is 1.81. The molecule has 0 bridgehead atoms. The van der Waals surface area contributed by atoms with Gasteiger partial charge < -0.3 is 0 Å². The lowest BCUT2D eigenvalue weighted by Crippen LogP contribution is -2.09. The lowest BCUT2D eigenvalue weighted by Gasteiger charge is -2.09. The summed E-state index contributed by atoms with van der Waals surface area (Å²) in [6.45, 7) is 3.23. The number of hydrogen-bond acceptors (Lipinski definition) is 1. The molecule has 0 saturated heterocycles. The summed E-state index contributed by atoms with van der Waals surface area (Å²) in [5.41, 5.74) is 0.0852. The molecule has 4 heteroatoms. The molecular formula is C9H10F3N. The molecule has 1 aromatic rings. The molecule has 0 aliphatic heterocycles. The van der Waals surface area contributed by atoms with Gasteiger partial charge in [0.25, 0.3) is 0 Å². The first kappa shape index (κ1) is 10.0. The van der Waals surface area contributed by atoms with Crippen molar-refractivity contribution in [2.75, 3.05) is 0 Å². The molecule has 0 unspecified atom stereocenters. The molecule has 72 valence electrons. The Morgan fingerprint density at radius 2 is 1.92 bits per heavy atom. The van der Waals surface area contributed by atoms with Gasteiger partial charge in [0.05, 0.1) is 5.56 Å². The summed E-state index contributed by atoms with van der Waals surface area (Å²) < 4.78 is 36.7. The van der Waals surface area contributed by atoms with Crippen LogP contribution in [0.4, 0.5) is 13.2 Å². The van der Waals surface area contributed by atoms with Crippen LogP contribution in [0.3, 0.4) is 0 Å². The highest BCUT2D eigenvalue weighted by molar-refractivity contribution is 5.24. The summed E-state index contributed by atoms with van der Waals surface area (Å²) in [6, 6.07) is 2.50. The number of rotatable bonds is 1. The maximum Gasteiger partial charge on any atom is 0.418 e. The maximum atomic E-state index is 12.2. The first-order valence-corrected chi connectivity index (χ1v) is 3.99. The van der Waals surface area contributed by atoms with Crippen molar-refractivity contribution in [3.05, 3.63) is 29.1 Å². The van der Waals surface area contributed by atoms with Gasteiger partial charge in [0.1, 0.15) is 0 Å². The monoisotopic (exact) mass is 189 g/mol. The fourth-order valence-corrected chi connectivity index (χ4v) is 1.11. The van der Waals surface area contributed by atoms with Crippen LogP contribution >= 0.6 is 0 Å². The van der Waals surface area contributed by atoms with Gasteiger partial charge in [0.2, 0.25) is 0 Å². The van der Waals surface area contributed by atoms with E-state index in [1.54, 1.807) is 0 Å². The molecule has 13 heavy (non-hydrogen) atoms. The predicted molar refractivity (Wildman–Crippen MR) is 43.4 cm³/mol. The minimum Gasteiger partial charge on any atom is -0.258 e. The fourth-order valence-electron chi connectivity index (χ4n) is 1.11. The van der Waals surface area contributed by atoms with Crippen LogP contribution in [0.25, 0.3) is 0 Å². The maximum absolute atomic E-state index is 12.2. The van der Waals surface area contributed by atoms with Crippen LogP contribution in [0.2, 0.25) is 0 Å². The number of nitrogens with zero attached hydrogens (tertiary/aromatic N) is 1. The second kappa shape index (κ2) is 3.36. The third kappa shape index (κ3) is 2.20. The van der Waals surface area contributed by atoms with Crippen LogP contribution in [-0.4, -0.2) is 4.98 Å². The highest BCUT2D eigenvalue weighted by Gasteiger charge is 2.32. The molecule has 0 saturated carbocycles. The van der Waals surface area contributed by atoms with Crippen LogP contribution in [-0.2, 0) is 12.6 Å². The number of aromatic nitrogens is 1. The van der Waals surface area contributed by atoms with Crippen molar-refractivity contribution in [2.24, 2.45) is 0 Å². The molecular weight excluding hydrogens is 179 g/mol. The van der Waals surface area contributed by atoms with Crippen molar-refractivity contribution < 1.29 is 13.2 Å². The number of halogens is 3. The molecule has 0 aromatic carbocycles. The van der Waals surface area contributed by atoms with Gasteiger partial charge in [-0.05, 0) is 25.5 Å². The molecule has 0 fully saturated rings. The first-order valence-electron chi connectivity index (χ1n) is 3.99. The molecule has 1 nitrogen and oxygen atoms in total. The Morgan fingerprint density at radius 3 is 2.31 bits per heavy atom. The normalized spacial score (nSPS) is 11.8. The van der Waals surface area contributed by atoms with Gasteiger partial charge in [-0.15, -0.1) is 0 Å². The second-order valence-corrected chi connectivity index (χ2v) is 2.79. The van der Waals surface area contributed by atoms with Gasteiger partial charge in [-0.1, -0.05) is 6.92 Å². The van der Waals surface area contributed by atoms with E-state index in [9.17, 15) is 13.2 Å². The average molecular weight is 189 g/mol. The Labute approximate surface area is 74.6 Å². The molecule has 0 amide bonds. The standard InChI is InChI=1S/C9H10F3N/c1-3-7-4-5-8(6(2)13-7)9(10,11)12/h4-5H,3H2,1-2H3. The molecule has 0 aliphatic rings. The Morgan fingerprint density at radius 1 is 1.31 bits per heavy atom. The summed E-state index contributed by atoms with van der Waals surface area (Å²) in [6.07, 6.45) is -3.64. The van der Waals surface area contributed by atoms with Crippen LogP contribution in [0.5, 0.6) is 0 Å². The van der Waals surface area contributed by atoms with Gasteiger partial charge in [-0.3, -0.25) is 4.98 Å². The summed E-state index contributed by atoms with van der Waals surface area (Å²) in [4.78, 5) is 3.84. The zero-order valence-electron chi connectivity index (χ0n) is 7.44. The number of hydrogen-bond donors (Lipinski definition) is 0. The predicted octanol–water partition coefficient (Wildman–Crippen LogP) is 2.97. The molecule has 0 spiro atoms. The quantitative estimate of drug-likeness (QED) is 0.661. The Hall–Kier alpha value is -1.06. The Balaban J connectivity index is 3.13. The molecule has 0 aliphatic carbocycles. The number of pyridine rings is 1. The third-order valence-electron chi connectivity index (χ3n) is 1.81. The Kier molecular flexibility index (Phi) is 2.59. The van der Waals surface area contributed by atoms with Gasteiger partial charge in [0.15, 0.2) is 0 Å². The van der Waals surface area contributed by atoms with Gasteiger partial charge in [0, 0.05) is 11.4 Å². The van der Waals surface area contributed by atoms with E-state index in [4.69, 9.17) is 0 Å². The fraction of sp³-hybridized carbons (Fsp3) is 0.444. The summed E-state index contributed by atoms with van der Waals surface area (Å²) >= 11 is 0. The highest BCUT2D eigenvalue weighted by atomic mass is 19.4. The SMILES string of the molecule is CCc1ccc(C(F)(F)F)c(C)n1. The van der Waals surface area contributed by atoms with Crippen molar-refractivity contribution >= 4 is 0 Å². The molecule has 0 N–H and O–H groups in total. The van der Waals surface area contributed by atoms with Crippen LogP contribution in [0.15, 0.2) is 12.1 Å². The lowest BCUT2D eigenvalue weighted by molar-refractivity contribution is -0.138. The molecule has 1 heterocycles. The molecule has 1 aromatic heterocycles. The zero-order chi connectivity index (χ0) is 10.1. The summed E-state index contributed by atoms with van der Waals surface area (Å²) in [5, 5.41) is 0. The van der Waals surface area contributed by atoms with E-state index in [1.807, 2.05) is 6.92 Å². The smallest absolute Gasteiger partial charge is 0.258 e. The molecule has 0 atom stereocenters. The largest absolute Gasteiger partial charge is 0.418 e. The van der Waals surface area contributed by atoms with E-state index in [-0.39, 0.29) is 5.69 Å². The molecule has 1 rings (SSSR count). The number of aryl methyl sites for hydroxylation is 2. The highest BCUT2D eigenvalue weighted by Crippen LogP contribution is 2.30. The Bertz CT molecular complexity index is 304. The second-order valence-electron chi connectivity index (χ2n) is 2.79. The van der Waals surface area contributed by atoms with Crippen LogP contribution < -0.4 is 0 Å². The zero-order valence-corrected chi connectivity index (χ0v) is 7.44. The minimum atomic E-state index is -4.29. The lowest BCUT2D eigenvalue weighted by atomic mass is 10.1. The van der Waals surface area contributed by atoms with E-state index < -0.39 is 11.7 Å². The van der Waals surface area contributed by atoms with Gasteiger partial charge in [-0.25, -0.2) is 0 Å². The van der Waals surface area contributed by atoms with Crippen molar-refractivity contribution in [3.8, 4) is 0 Å². The van der Waals surface area contributed by atoms with Crippen LogP contribution in [0, 0.1) is 6.92 Å².